The number of aryl methyl sites for hydroxylation is 1. The molecule has 0 aromatic heterocycles. The molecule has 0 bridgehead atoms. The molecular weight excluding hydrogens is 594 g/mol. The van der Waals surface area contributed by atoms with Crippen LogP contribution in [0.2, 0.25) is 0 Å². The Morgan fingerprint density at radius 2 is 1.49 bits per heavy atom. The van der Waals surface area contributed by atoms with Crippen LogP contribution in [0.4, 0.5) is 0 Å². The van der Waals surface area contributed by atoms with Crippen molar-refractivity contribution in [3.63, 3.8) is 0 Å². The molecule has 4 aromatic rings. The van der Waals surface area contributed by atoms with Crippen LogP contribution in [0, 0.1) is 0 Å². The average Bonchev–Trinajstić information content (AvgIpc) is 3.12. The molecule has 0 atom stereocenters. The van der Waals surface area contributed by atoms with Gasteiger partial charge >= 0.3 is 5.97 Å². The third kappa shape index (κ3) is 11.6. The lowest BCUT2D eigenvalue weighted by Crippen LogP contribution is -2.19. The van der Waals surface area contributed by atoms with Crippen LogP contribution < -0.4 is 35.9 Å². The van der Waals surface area contributed by atoms with Gasteiger partial charge in [-0.25, -0.2) is 4.79 Å². The minimum Gasteiger partial charge on any atom is -0.493 e. The van der Waals surface area contributed by atoms with Gasteiger partial charge in [-0.1, -0.05) is 74.9 Å². The van der Waals surface area contributed by atoms with Gasteiger partial charge in [0.05, 0.1) is 20.3 Å². The maximum atomic E-state index is 12.2. The molecule has 0 unspecified atom stereocenters. The minimum atomic E-state index is -0.440. The number of hydrogen-bond acceptors (Lipinski definition) is 9. The molecule has 0 spiro atoms. The van der Waals surface area contributed by atoms with Gasteiger partial charge in [-0.3, -0.25) is 5.84 Å². The van der Waals surface area contributed by atoms with E-state index in [1.165, 1.54) is 13.3 Å². The lowest BCUT2D eigenvalue weighted by molar-refractivity contribution is 0.0598. The van der Waals surface area contributed by atoms with E-state index in [1.807, 2.05) is 66.7 Å². The van der Waals surface area contributed by atoms with Crippen molar-refractivity contribution in [2.75, 3.05) is 20.3 Å². The van der Waals surface area contributed by atoms with Crippen LogP contribution in [0.25, 0.3) is 0 Å². The predicted octanol–water partition coefficient (Wildman–Crippen LogP) is 7.48. The minimum absolute atomic E-state index is 0.377. The van der Waals surface area contributed by atoms with E-state index in [0.29, 0.717) is 43.3 Å². The Balaban J connectivity index is 0.000000913. The van der Waals surface area contributed by atoms with Gasteiger partial charge in [0.25, 0.3) is 0 Å². The Bertz CT molecular complexity index is 1560. The largest absolute Gasteiger partial charge is 0.493 e. The number of carbonyl (C=O) groups excluding carboxylic acids is 1. The Morgan fingerprint density at radius 3 is 2.15 bits per heavy atom. The fourth-order valence-electron chi connectivity index (χ4n) is 4.49. The molecule has 5 N–H and O–H groups in total. The van der Waals surface area contributed by atoms with Crippen molar-refractivity contribution in [2.24, 2.45) is 11.6 Å². The monoisotopic (exact) mass is 641 g/mol. The topological polar surface area (TPSA) is 127 Å². The fourth-order valence-corrected chi connectivity index (χ4v) is 4.49. The fraction of sp³-hybridized carbons (Fsp3) is 0.289. The predicted molar refractivity (Wildman–Crippen MR) is 186 cm³/mol. The number of rotatable bonds is 16. The molecule has 9 heteroatoms. The summed E-state index contributed by atoms with van der Waals surface area (Å²) in [6, 6.07) is 28.9. The van der Waals surface area contributed by atoms with Crippen LogP contribution in [0.1, 0.15) is 60.7 Å². The summed E-state index contributed by atoms with van der Waals surface area (Å²) in [6.07, 6.45) is 4.68. The average molecular weight is 642 g/mol. The highest BCUT2D eigenvalue weighted by Gasteiger charge is 2.16. The quantitative estimate of drug-likeness (QED) is 0.0494. The van der Waals surface area contributed by atoms with Gasteiger partial charge < -0.3 is 34.8 Å². The number of nitrogens with one attached hydrogen (secondary N) is 1. The lowest BCUT2D eigenvalue weighted by atomic mass is 10.1. The van der Waals surface area contributed by atoms with E-state index < -0.39 is 5.97 Å². The number of para-hydroxylation sites is 1. The SMILES string of the molecule is C/C(=C/N)NN.CCCc1c(OCCCOc2cc(OCc3ccccc3)ccc2CC)cccc1Oc1ccccc1C(=O)OC. The van der Waals surface area contributed by atoms with Crippen LogP contribution in [0.15, 0.2) is 103 Å². The second-order valence-corrected chi connectivity index (χ2v) is 10.5. The normalized spacial score (nSPS) is 10.7. The van der Waals surface area contributed by atoms with Crippen LogP contribution in [0.3, 0.4) is 0 Å². The molecule has 0 amide bonds. The number of carbonyl (C=O) groups is 1. The number of methoxy groups -OCH3 is 1. The van der Waals surface area contributed by atoms with Gasteiger partial charge in [-0.15, -0.1) is 0 Å². The van der Waals surface area contributed by atoms with E-state index in [-0.39, 0.29) is 0 Å². The summed E-state index contributed by atoms with van der Waals surface area (Å²) >= 11 is 0. The number of esters is 1. The highest BCUT2D eigenvalue weighted by Crippen LogP contribution is 2.35. The van der Waals surface area contributed by atoms with E-state index >= 15 is 0 Å². The number of allylic oxidation sites excluding steroid dienone is 1. The molecule has 0 aliphatic heterocycles. The van der Waals surface area contributed by atoms with Crippen molar-refractivity contribution in [3.8, 4) is 28.7 Å². The molecule has 47 heavy (non-hydrogen) atoms. The molecule has 0 saturated heterocycles. The summed E-state index contributed by atoms with van der Waals surface area (Å²) in [5.74, 6) is 7.95. The summed E-state index contributed by atoms with van der Waals surface area (Å²) in [5, 5.41) is 0. The van der Waals surface area contributed by atoms with Gasteiger partial charge in [0.1, 0.15) is 40.9 Å². The van der Waals surface area contributed by atoms with Crippen molar-refractivity contribution in [2.45, 2.75) is 53.1 Å². The Kier molecular flexibility index (Phi) is 15.5. The van der Waals surface area contributed by atoms with Gasteiger partial charge in [0.15, 0.2) is 0 Å². The molecule has 0 aliphatic carbocycles. The number of benzene rings is 4. The first-order valence-electron chi connectivity index (χ1n) is 15.8. The molecule has 4 aromatic carbocycles. The van der Waals surface area contributed by atoms with Gasteiger partial charge in [0.2, 0.25) is 0 Å². The third-order valence-corrected chi connectivity index (χ3v) is 7.05. The van der Waals surface area contributed by atoms with Crippen LogP contribution >= 0.6 is 0 Å². The van der Waals surface area contributed by atoms with Crippen LogP contribution in [0.5, 0.6) is 28.7 Å². The van der Waals surface area contributed by atoms with Gasteiger partial charge in [0, 0.05) is 29.9 Å². The smallest absolute Gasteiger partial charge is 0.341 e. The van der Waals surface area contributed by atoms with Gasteiger partial charge in [-0.2, -0.15) is 0 Å². The molecule has 9 nitrogen and oxygen atoms in total. The Morgan fingerprint density at radius 1 is 0.809 bits per heavy atom. The van der Waals surface area contributed by atoms with Crippen molar-refractivity contribution in [3.05, 3.63) is 125 Å². The van der Waals surface area contributed by atoms with Crippen LogP contribution in [-0.4, -0.2) is 26.3 Å². The summed E-state index contributed by atoms with van der Waals surface area (Å²) in [4.78, 5) is 12.2. The highest BCUT2D eigenvalue weighted by molar-refractivity contribution is 5.92. The number of ether oxygens (including phenoxy) is 5. The summed E-state index contributed by atoms with van der Waals surface area (Å²) < 4.78 is 29.5. The molecule has 0 fully saturated rings. The molecule has 0 radical (unpaired) electrons. The first-order valence-corrected chi connectivity index (χ1v) is 15.8. The summed E-state index contributed by atoms with van der Waals surface area (Å²) in [6.45, 7) is 7.52. The maximum Gasteiger partial charge on any atom is 0.341 e. The van der Waals surface area contributed by atoms with E-state index in [1.54, 1.807) is 25.1 Å². The van der Waals surface area contributed by atoms with Gasteiger partial charge in [-0.05, 0) is 61.2 Å². The third-order valence-electron chi connectivity index (χ3n) is 7.05. The zero-order valence-electron chi connectivity index (χ0n) is 27.8. The highest BCUT2D eigenvalue weighted by atomic mass is 16.5. The molecule has 0 heterocycles. The molecule has 0 saturated carbocycles. The van der Waals surface area contributed by atoms with E-state index in [2.05, 4.69) is 25.3 Å². The second kappa shape index (κ2) is 20.1. The summed E-state index contributed by atoms with van der Waals surface area (Å²) in [7, 11) is 1.36. The van der Waals surface area contributed by atoms with E-state index in [0.717, 1.165) is 58.9 Å². The molecular formula is C38H47N3O6. The zero-order chi connectivity index (χ0) is 33.9. The second-order valence-electron chi connectivity index (χ2n) is 10.5. The zero-order valence-corrected chi connectivity index (χ0v) is 27.8. The first-order chi connectivity index (χ1) is 22.9. The van der Waals surface area contributed by atoms with Crippen molar-refractivity contribution in [1.82, 2.24) is 5.43 Å². The molecule has 4 rings (SSSR count). The van der Waals surface area contributed by atoms with Crippen molar-refractivity contribution >= 4 is 5.97 Å². The standard InChI is InChI=1S/C35H38O6.C3H9N3/c1-4-13-29-31(18-11-19-32(29)41-33-17-10-9-16-30(33)35(36)37-3)38-22-12-23-39-34-24-28(21-20-27(34)5-2)40-25-26-14-7-6-8-15-26;1-3(2-4)6-5/h6-11,14-21,24H,4-5,12-13,22-23,25H2,1-3H3;2,6H,4-5H2,1H3/b;3-2-. The van der Waals surface area contributed by atoms with E-state index in [9.17, 15) is 4.79 Å². The maximum absolute atomic E-state index is 12.2. The van der Waals surface area contributed by atoms with Crippen molar-refractivity contribution in [1.29, 1.82) is 0 Å². The first kappa shape index (κ1) is 36.3. The number of hydrazine groups is 1. The summed E-state index contributed by atoms with van der Waals surface area (Å²) in [5.41, 5.74) is 11.7. The van der Waals surface area contributed by atoms with Crippen molar-refractivity contribution < 1.29 is 28.5 Å². The Labute approximate surface area is 278 Å². The molecule has 0 aliphatic rings. The Hall–Kier alpha value is -5.15. The van der Waals surface area contributed by atoms with Crippen LogP contribution in [-0.2, 0) is 24.2 Å². The number of nitrogens with two attached hydrogens (primary N) is 2. The number of hydrogen-bond donors (Lipinski definition) is 3. The van der Waals surface area contributed by atoms with E-state index in [4.69, 9.17) is 35.3 Å². The molecule has 250 valence electrons. The lowest BCUT2D eigenvalue weighted by Gasteiger charge is -2.17.